The number of hydrogen-bond donors (Lipinski definition) is 2. The van der Waals surface area contributed by atoms with Crippen LogP contribution in [-0.2, 0) is 11.2 Å². The molecule has 4 rings (SSSR count). The fourth-order valence-electron chi connectivity index (χ4n) is 3.94. The SMILES string of the molecule is COc1cc2c(Nc3ncc(CC=O)s3)ncnc2cc1OCCCN1CCC(CO)CC1. The fraction of sp³-hybridized carbons (Fsp3) is 0.478. The molecule has 0 aliphatic carbocycles. The first-order valence-electron chi connectivity index (χ1n) is 11.1. The Kier molecular flexibility index (Phi) is 8.03. The maximum atomic E-state index is 10.7. The van der Waals surface area contributed by atoms with Crippen molar-refractivity contribution in [2.45, 2.75) is 25.7 Å². The number of benzene rings is 1. The smallest absolute Gasteiger partial charge is 0.188 e. The number of fused-ring (bicyclic) bond motifs is 1. The third kappa shape index (κ3) is 5.95. The monoisotopic (exact) mass is 471 g/mol. The highest BCUT2D eigenvalue weighted by atomic mass is 32.1. The van der Waals surface area contributed by atoms with Crippen LogP contribution >= 0.6 is 11.3 Å². The highest BCUT2D eigenvalue weighted by molar-refractivity contribution is 7.15. The zero-order valence-electron chi connectivity index (χ0n) is 18.7. The number of anilines is 2. The van der Waals surface area contributed by atoms with Gasteiger partial charge in [0.05, 0.1) is 19.2 Å². The van der Waals surface area contributed by atoms with Gasteiger partial charge >= 0.3 is 0 Å². The first kappa shape index (κ1) is 23.3. The summed E-state index contributed by atoms with van der Waals surface area (Å²) in [6.07, 6.45) is 7.43. The maximum absolute atomic E-state index is 10.7. The van der Waals surface area contributed by atoms with E-state index in [1.807, 2.05) is 12.1 Å². The van der Waals surface area contributed by atoms with Crippen LogP contribution in [0, 0.1) is 5.92 Å². The van der Waals surface area contributed by atoms with Crippen LogP contribution in [0.15, 0.2) is 24.7 Å². The molecule has 0 spiro atoms. The third-order valence-corrected chi connectivity index (χ3v) is 6.76. The molecule has 1 aliphatic heterocycles. The van der Waals surface area contributed by atoms with Gasteiger partial charge < -0.3 is 29.6 Å². The molecular formula is C23H29N5O4S. The van der Waals surface area contributed by atoms with Crippen molar-refractivity contribution in [1.29, 1.82) is 0 Å². The van der Waals surface area contributed by atoms with Crippen molar-refractivity contribution in [3.05, 3.63) is 29.5 Å². The summed E-state index contributed by atoms with van der Waals surface area (Å²) in [4.78, 5) is 27.1. The molecule has 2 N–H and O–H groups in total. The topological polar surface area (TPSA) is 110 Å². The Morgan fingerprint density at radius 3 is 2.85 bits per heavy atom. The van der Waals surface area contributed by atoms with Gasteiger partial charge in [-0.15, -0.1) is 11.3 Å². The zero-order valence-corrected chi connectivity index (χ0v) is 19.5. The Hall–Kier alpha value is -2.82. The van der Waals surface area contributed by atoms with Crippen molar-refractivity contribution in [2.24, 2.45) is 5.92 Å². The van der Waals surface area contributed by atoms with Crippen LogP contribution in [-0.4, -0.2) is 71.2 Å². The van der Waals surface area contributed by atoms with Gasteiger partial charge in [0.2, 0.25) is 0 Å². The lowest BCUT2D eigenvalue weighted by molar-refractivity contribution is -0.107. The predicted octanol–water partition coefficient (Wildman–Crippen LogP) is 3.05. The molecule has 0 radical (unpaired) electrons. The Morgan fingerprint density at radius 2 is 2.09 bits per heavy atom. The normalized spacial score (nSPS) is 15.0. The summed E-state index contributed by atoms with van der Waals surface area (Å²) >= 11 is 1.41. The molecule has 1 aromatic carbocycles. The Balaban J connectivity index is 1.40. The van der Waals surface area contributed by atoms with Crippen molar-refractivity contribution in [1.82, 2.24) is 19.9 Å². The summed E-state index contributed by atoms with van der Waals surface area (Å²) in [5.41, 5.74) is 0.735. The van der Waals surface area contributed by atoms with Gasteiger partial charge in [0, 0.05) is 42.1 Å². The largest absolute Gasteiger partial charge is 0.493 e. The number of ether oxygens (including phenoxy) is 2. The standard InChI is InChI=1S/C23H29N5O4S/c1-31-20-11-18-19(25-15-26-22(18)27-23-24-13-17(33-23)5-9-29)12-21(20)32-10-2-6-28-7-3-16(14-30)4-8-28/h9,11-13,15-16,30H,2-8,10,14H2,1H3,(H,24,25,26,27). The van der Waals surface area contributed by atoms with Crippen LogP contribution in [0.25, 0.3) is 10.9 Å². The van der Waals surface area contributed by atoms with Gasteiger partial charge in [0.25, 0.3) is 0 Å². The number of aromatic nitrogens is 3. The summed E-state index contributed by atoms with van der Waals surface area (Å²) in [6, 6.07) is 3.74. The Morgan fingerprint density at radius 1 is 1.24 bits per heavy atom. The molecule has 1 saturated heterocycles. The first-order chi connectivity index (χ1) is 16.2. The second kappa shape index (κ2) is 11.4. The van der Waals surface area contributed by atoms with Gasteiger partial charge in [-0.1, -0.05) is 0 Å². The number of nitrogens with one attached hydrogen (secondary N) is 1. The first-order valence-corrected chi connectivity index (χ1v) is 12.0. The van der Waals surface area contributed by atoms with Crippen molar-refractivity contribution in [3.63, 3.8) is 0 Å². The second-order valence-corrected chi connectivity index (χ2v) is 9.15. The molecule has 0 unspecified atom stereocenters. The number of methoxy groups -OCH3 is 1. The summed E-state index contributed by atoms with van der Waals surface area (Å²) < 4.78 is 11.6. The maximum Gasteiger partial charge on any atom is 0.188 e. The molecule has 1 aliphatic rings. The average Bonchev–Trinajstić information content (AvgIpc) is 3.29. The molecule has 0 saturated carbocycles. The Labute approximate surface area is 196 Å². The number of aliphatic hydroxyl groups excluding tert-OH is 1. The minimum absolute atomic E-state index is 0.296. The van der Waals surface area contributed by atoms with E-state index < -0.39 is 0 Å². The number of thiazole rings is 1. The van der Waals surface area contributed by atoms with E-state index in [-0.39, 0.29) is 0 Å². The molecule has 3 aromatic rings. The van der Waals surface area contributed by atoms with Gasteiger partial charge in [0.1, 0.15) is 18.4 Å². The van der Waals surface area contributed by atoms with Gasteiger partial charge in [-0.2, -0.15) is 0 Å². The van der Waals surface area contributed by atoms with Crippen LogP contribution in [0.3, 0.4) is 0 Å². The average molecular weight is 472 g/mol. The molecule has 0 amide bonds. The molecule has 2 aromatic heterocycles. The second-order valence-electron chi connectivity index (χ2n) is 8.04. The molecule has 0 bridgehead atoms. The van der Waals surface area contributed by atoms with Gasteiger partial charge in [-0.05, 0) is 44.3 Å². The number of piperidine rings is 1. The number of nitrogens with zero attached hydrogens (tertiary/aromatic N) is 4. The van der Waals surface area contributed by atoms with Crippen molar-refractivity contribution in [2.75, 3.05) is 45.3 Å². The minimum Gasteiger partial charge on any atom is -0.493 e. The van der Waals surface area contributed by atoms with E-state index >= 15 is 0 Å². The van der Waals surface area contributed by atoms with Crippen LogP contribution in [0.5, 0.6) is 11.5 Å². The number of carbonyl (C=O) groups excluding carboxylic acids is 1. The lowest BCUT2D eigenvalue weighted by Crippen LogP contribution is -2.35. The van der Waals surface area contributed by atoms with Crippen molar-refractivity contribution in [3.8, 4) is 11.5 Å². The molecule has 176 valence electrons. The van der Waals surface area contributed by atoms with E-state index in [4.69, 9.17) is 9.47 Å². The summed E-state index contributed by atoms with van der Waals surface area (Å²) in [5.74, 6) is 2.33. The number of aldehydes is 1. The number of rotatable bonds is 11. The van der Waals surface area contributed by atoms with E-state index in [1.165, 1.54) is 17.7 Å². The zero-order chi connectivity index (χ0) is 23.0. The molecule has 9 nitrogen and oxygen atoms in total. The van der Waals surface area contributed by atoms with Crippen molar-refractivity contribution < 1.29 is 19.4 Å². The van der Waals surface area contributed by atoms with E-state index in [9.17, 15) is 9.90 Å². The van der Waals surface area contributed by atoms with Crippen LogP contribution in [0.1, 0.15) is 24.1 Å². The molecular weight excluding hydrogens is 442 g/mol. The van der Waals surface area contributed by atoms with Gasteiger partial charge in [0.15, 0.2) is 16.6 Å². The number of likely N-dealkylation sites (tertiary alicyclic amines) is 1. The van der Waals surface area contributed by atoms with Crippen LogP contribution in [0.2, 0.25) is 0 Å². The molecule has 3 heterocycles. The number of hydrogen-bond acceptors (Lipinski definition) is 10. The molecule has 33 heavy (non-hydrogen) atoms. The lowest BCUT2D eigenvalue weighted by atomic mass is 9.98. The quantitative estimate of drug-likeness (QED) is 0.322. The van der Waals surface area contributed by atoms with E-state index in [0.717, 1.165) is 61.0 Å². The summed E-state index contributed by atoms with van der Waals surface area (Å²) in [5, 5.41) is 13.9. The third-order valence-electron chi connectivity index (χ3n) is 5.83. The summed E-state index contributed by atoms with van der Waals surface area (Å²) in [7, 11) is 1.61. The van der Waals surface area contributed by atoms with E-state index in [0.29, 0.717) is 48.0 Å². The molecule has 0 atom stereocenters. The molecule has 10 heteroatoms. The van der Waals surface area contributed by atoms with E-state index in [1.54, 1.807) is 13.3 Å². The highest BCUT2D eigenvalue weighted by Gasteiger charge is 2.18. The molecule has 1 fully saturated rings. The van der Waals surface area contributed by atoms with Crippen LogP contribution in [0.4, 0.5) is 10.9 Å². The van der Waals surface area contributed by atoms with Gasteiger partial charge in [-0.25, -0.2) is 15.0 Å². The highest BCUT2D eigenvalue weighted by Crippen LogP contribution is 2.35. The fourth-order valence-corrected chi connectivity index (χ4v) is 4.70. The minimum atomic E-state index is 0.296. The van der Waals surface area contributed by atoms with Crippen molar-refractivity contribution >= 4 is 39.5 Å². The predicted molar refractivity (Wildman–Crippen MR) is 128 cm³/mol. The van der Waals surface area contributed by atoms with Crippen LogP contribution < -0.4 is 14.8 Å². The Bertz CT molecular complexity index is 1070. The number of aliphatic hydroxyl groups is 1. The van der Waals surface area contributed by atoms with Gasteiger partial charge in [-0.3, -0.25) is 0 Å². The number of carbonyl (C=O) groups is 1. The summed E-state index contributed by atoms with van der Waals surface area (Å²) in [6.45, 7) is 3.92. The lowest BCUT2D eigenvalue weighted by Gasteiger charge is -2.30. The van der Waals surface area contributed by atoms with E-state index in [2.05, 4.69) is 25.2 Å².